The van der Waals surface area contributed by atoms with E-state index in [0.29, 0.717) is 25.3 Å². The van der Waals surface area contributed by atoms with Gasteiger partial charge < -0.3 is 10.1 Å². The summed E-state index contributed by atoms with van der Waals surface area (Å²) in [5.41, 5.74) is 1.68. The Morgan fingerprint density at radius 3 is 3.00 bits per heavy atom. The number of ether oxygens (including phenoxy) is 1. The Morgan fingerprint density at radius 1 is 1.45 bits per heavy atom. The number of thiazole rings is 1. The van der Waals surface area contributed by atoms with Crippen LogP contribution >= 0.6 is 23.1 Å². The predicted molar refractivity (Wildman–Crippen MR) is 81.0 cm³/mol. The molecule has 0 amide bonds. The number of hydrogen-bond donors (Lipinski definition) is 1. The summed E-state index contributed by atoms with van der Waals surface area (Å²) in [6, 6.07) is 5.15. The molecule has 6 heteroatoms. The van der Waals surface area contributed by atoms with E-state index in [2.05, 4.69) is 10.3 Å². The molecule has 0 radical (unpaired) electrons. The van der Waals surface area contributed by atoms with E-state index in [-0.39, 0.29) is 5.82 Å². The number of benzene rings is 1. The second kappa shape index (κ2) is 7.73. The standard InChI is InChI=1S/C14H17FN2OS2/c1-10-9-19-14(17-10)20-13-5-3-4-12(15)11(13)8-16-6-7-18-2/h3-5,9,16H,6-8H2,1-2H3. The molecule has 0 aliphatic carbocycles. The number of hydrogen-bond acceptors (Lipinski definition) is 5. The summed E-state index contributed by atoms with van der Waals surface area (Å²) in [5, 5.41) is 5.18. The largest absolute Gasteiger partial charge is 0.383 e. The van der Waals surface area contributed by atoms with Crippen LogP contribution in [0.5, 0.6) is 0 Å². The second-order valence-corrected chi connectivity index (χ2v) is 6.39. The second-order valence-electron chi connectivity index (χ2n) is 4.24. The van der Waals surface area contributed by atoms with Crippen molar-refractivity contribution in [2.45, 2.75) is 22.7 Å². The minimum atomic E-state index is -0.187. The molecule has 0 bridgehead atoms. The van der Waals surface area contributed by atoms with E-state index in [1.807, 2.05) is 18.4 Å². The minimum Gasteiger partial charge on any atom is -0.383 e. The zero-order valence-electron chi connectivity index (χ0n) is 11.5. The zero-order chi connectivity index (χ0) is 14.4. The van der Waals surface area contributed by atoms with Crippen LogP contribution in [0.15, 0.2) is 32.8 Å². The van der Waals surface area contributed by atoms with E-state index in [9.17, 15) is 4.39 Å². The molecule has 3 nitrogen and oxygen atoms in total. The van der Waals surface area contributed by atoms with Crippen LogP contribution in [0.1, 0.15) is 11.3 Å². The van der Waals surface area contributed by atoms with Gasteiger partial charge in [-0.15, -0.1) is 11.3 Å². The van der Waals surface area contributed by atoms with Crippen LogP contribution in [-0.4, -0.2) is 25.2 Å². The number of aromatic nitrogens is 1. The topological polar surface area (TPSA) is 34.1 Å². The van der Waals surface area contributed by atoms with Gasteiger partial charge in [0.25, 0.3) is 0 Å². The van der Waals surface area contributed by atoms with Crippen molar-refractivity contribution in [3.63, 3.8) is 0 Å². The van der Waals surface area contributed by atoms with Gasteiger partial charge in [-0.05, 0) is 19.1 Å². The molecule has 0 saturated carbocycles. The van der Waals surface area contributed by atoms with Crippen molar-refractivity contribution in [3.8, 4) is 0 Å². The molecule has 108 valence electrons. The van der Waals surface area contributed by atoms with Gasteiger partial charge in [-0.25, -0.2) is 9.37 Å². The molecule has 1 aromatic carbocycles. The Labute approximate surface area is 126 Å². The average Bonchev–Trinajstić information content (AvgIpc) is 2.83. The van der Waals surface area contributed by atoms with Crippen LogP contribution in [0, 0.1) is 12.7 Å². The third-order valence-corrected chi connectivity index (χ3v) is 4.81. The maximum absolute atomic E-state index is 14.0. The Hall–Kier alpha value is -0.950. The van der Waals surface area contributed by atoms with Crippen molar-refractivity contribution in [2.75, 3.05) is 20.3 Å². The van der Waals surface area contributed by atoms with Gasteiger partial charge in [-0.3, -0.25) is 0 Å². The fourth-order valence-electron chi connectivity index (χ4n) is 1.67. The van der Waals surface area contributed by atoms with Crippen molar-refractivity contribution in [1.82, 2.24) is 10.3 Å². The summed E-state index contributed by atoms with van der Waals surface area (Å²) in [7, 11) is 1.65. The average molecular weight is 312 g/mol. The number of aryl methyl sites for hydroxylation is 1. The SMILES string of the molecule is COCCNCc1c(F)cccc1Sc1nc(C)cs1. The summed E-state index contributed by atoms with van der Waals surface area (Å²) < 4.78 is 19.9. The van der Waals surface area contributed by atoms with E-state index in [1.54, 1.807) is 24.5 Å². The maximum atomic E-state index is 14.0. The monoisotopic (exact) mass is 312 g/mol. The van der Waals surface area contributed by atoms with Gasteiger partial charge >= 0.3 is 0 Å². The Balaban J connectivity index is 2.09. The van der Waals surface area contributed by atoms with Crippen LogP contribution in [0.4, 0.5) is 4.39 Å². The summed E-state index contributed by atoms with van der Waals surface area (Å²) in [4.78, 5) is 5.31. The van der Waals surface area contributed by atoms with Crippen molar-refractivity contribution in [1.29, 1.82) is 0 Å². The van der Waals surface area contributed by atoms with Gasteiger partial charge in [0.2, 0.25) is 0 Å². The smallest absolute Gasteiger partial charge is 0.154 e. The first-order valence-corrected chi connectivity index (χ1v) is 7.97. The Kier molecular flexibility index (Phi) is 5.97. The number of rotatable bonds is 7. The lowest BCUT2D eigenvalue weighted by Crippen LogP contribution is -2.19. The highest BCUT2D eigenvalue weighted by Gasteiger charge is 2.11. The number of nitrogens with one attached hydrogen (secondary N) is 1. The van der Waals surface area contributed by atoms with E-state index in [4.69, 9.17) is 4.74 Å². The quantitative estimate of drug-likeness (QED) is 0.794. The highest BCUT2D eigenvalue weighted by molar-refractivity contribution is 8.01. The number of methoxy groups -OCH3 is 1. The summed E-state index contributed by atoms with van der Waals surface area (Å²) in [5.74, 6) is -0.187. The molecule has 0 spiro atoms. The summed E-state index contributed by atoms with van der Waals surface area (Å²) in [6.45, 7) is 3.76. The van der Waals surface area contributed by atoms with E-state index < -0.39 is 0 Å². The van der Waals surface area contributed by atoms with Crippen molar-refractivity contribution in [3.05, 3.63) is 40.7 Å². The molecule has 1 aromatic heterocycles. The molecule has 0 fully saturated rings. The molecule has 20 heavy (non-hydrogen) atoms. The molecular formula is C14H17FN2OS2. The van der Waals surface area contributed by atoms with Gasteiger partial charge in [0, 0.05) is 41.7 Å². The van der Waals surface area contributed by atoms with Crippen LogP contribution in [-0.2, 0) is 11.3 Å². The van der Waals surface area contributed by atoms with E-state index in [0.717, 1.165) is 14.9 Å². The molecule has 0 unspecified atom stereocenters. The number of nitrogens with zero attached hydrogens (tertiary/aromatic N) is 1. The molecule has 2 rings (SSSR count). The lowest BCUT2D eigenvalue weighted by Gasteiger charge is -2.10. The van der Waals surface area contributed by atoms with E-state index in [1.165, 1.54) is 17.8 Å². The first-order chi connectivity index (χ1) is 9.70. The molecule has 1 heterocycles. The van der Waals surface area contributed by atoms with Gasteiger partial charge in [0.15, 0.2) is 4.34 Å². The number of halogens is 1. The molecule has 1 N–H and O–H groups in total. The molecule has 0 aliphatic rings. The van der Waals surface area contributed by atoms with Crippen molar-refractivity contribution < 1.29 is 9.13 Å². The molecule has 0 aliphatic heterocycles. The van der Waals surface area contributed by atoms with E-state index >= 15 is 0 Å². The summed E-state index contributed by atoms with van der Waals surface area (Å²) in [6.07, 6.45) is 0. The van der Waals surface area contributed by atoms with Gasteiger partial charge in [0.1, 0.15) is 5.82 Å². The Morgan fingerprint density at radius 2 is 2.30 bits per heavy atom. The first kappa shape index (κ1) is 15.4. The van der Waals surface area contributed by atoms with Crippen LogP contribution in [0.2, 0.25) is 0 Å². The van der Waals surface area contributed by atoms with Crippen molar-refractivity contribution >= 4 is 23.1 Å². The van der Waals surface area contributed by atoms with Gasteiger partial charge in [0.05, 0.1) is 6.61 Å². The highest BCUT2D eigenvalue weighted by atomic mass is 32.2. The summed E-state index contributed by atoms with van der Waals surface area (Å²) >= 11 is 3.09. The lowest BCUT2D eigenvalue weighted by atomic mass is 10.2. The minimum absolute atomic E-state index is 0.187. The van der Waals surface area contributed by atoms with Crippen LogP contribution < -0.4 is 5.32 Å². The van der Waals surface area contributed by atoms with Crippen LogP contribution in [0.25, 0.3) is 0 Å². The van der Waals surface area contributed by atoms with Crippen LogP contribution in [0.3, 0.4) is 0 Å². The highest BCUT2D eigenvalue weighted by Crippen LogP contribution is 2.33. The zero-order valence-corrected chi connectivity index (χ0v) is 13.1. The third kappa shape index (κ3) is 4.28. The Bertz CT molecular complexity index is 560. The molecule has 2 aromatic rings. The van der Waals surface area contributed by atoms with Gasteiger partial charge in [-0.2, -0.15) is 0 Å². The molecule has 0 atom stereocenters. The first-order valence-electron chi connectivity index (χ1n) is 6.27. The third-order valence-electron chi connectivity index (χ3n) is 2.66. The fraction of sp³-hybridized carbons (Fsp3) is 0.357. The normalized spacial score (nSPS) is 10.9. The molecule has 0 saturated heterocycles. The molecular weight excluding hydrogens is 295 g/mol. The maximum Gasteiger partial charge on any atom is 0.154 e. The fourth-order valence-corrected chi connectivity index (χ4v) is 3.61. The van der Waals surface area contributed by atoms with Crippen molar-refractivity contribution in [2.24, 2.45) is 0 Å². The lowest BCUT2D eigenvalue weighted by molar-refractivity contribution is 0.199. The predicted octanol–water partition coefficient (Wildman–Crippen LogP) is 3.48. The van der Waals surface area contributed by atoms with Gasteiger partial charge in [-0.1, -0.05) is 17.8 Å².